The Hall–Kier alpha value is -3.27. The number of aryl methyl sites for hydroxylation is 1. The summed E-state index contributed by atoms with van der Waals surface area (Å²) < 4.78 is 28.3. The molecule has 2 aromatic carbocycles. The zero-order chi connectivity index (χ0) is 24.0. The molecule has 0 fully saturated rings. The number of carbonyl (C=O) groups excluding carboxylic acids is 1. The van der Waals surface area contributed by atoms with E-state index in [0.717, 1.165) is 39.3 Å². The summed E-state index contributed by atoms with van der Waals surface area (Å²) in [4.78, 5) is 23.8. The lowest BCUT2D eigenvalue weighted by Gasteiger charge is -2.21. The molecule has 0 aliphatic rings. The number of rotatable bonds is 10. The highest BCUT2D eigenvalue weighted by atomic mass is 32.2. The van der Waals surface area contributed by atoms with Crippen LogP contribution in [0.15, 0.2) is 83.0 Å². The minimum Gasteiger partial charge on any atom is -0.300 e. The van der Waals surface area contributed by atoms with Gasteiger partial charge in [-0.1, -0.05) is 48.5 Å². The Labute approximate surface area is 203 Å². The molecule has 4 rings (SSSR count). The molecule has 2 heterocycles. The van der Waals surface area contributed by atoms with Crippen molar-refractivity contribution >= 4 is 27.1 Å². The van der Waals surface area contributed by atoms with Crippen LogP contribution in [0, 0.1) is 0 Å². The lowest BCUT2D eigenvalue weighted by atomic mass is 10.0. The molecule has 0 aliphatic carbocycles. The maximum Gasteiger partial charge on any atom is 0.270 e. The molecular formula is C25H24N4O3S2. The molecule has 0 spiro atoms. The number of ketones is 1. The van der Waals surface area contributed by atoms with E-state index in [0.29, 0.717) is 12.8 Å². The first-order valence-electron chi connectivity index (χ1n) is 10.7. The zero-order valence-corrected chi connectivity index (χ0v) is 20.3. The van der Waals surface area contributed by atoms with E-state index < -0.39 is 10.0 Å². The second-order valence-electron chi connectivity index (χ2n) is 7.88. The maximum atomic E-state index is 13.4. The van der Waals surface area contributed by atoms with E-state index in [1.54, 1.807) is 30.9 Å². The van der Waals surface area contributed by atoms with Gasteiger partial charge in [0.05, 0.1) is 11.9 Å². The number of hydrogen-bond acceptors (Lipinski definition) is 7. The van der Waals surface area contributed by atoms with Crippen molar-refractivity contribution in [2.45, 2.75) is 37.2 Å². The molecule has 0 amide bonds. The van der Waals surface area contributed by atoms with Crippen molar-refractivity contribution in [3.05, 3.63) is 95.4 Å². The van der Waals surface area contributed by atoms with Crippen LogP contribution in [0.25, 0.3) is 11.3 Å². The van der Waals surface area contributed by atoms with Crippen molar-refractivity contribution in [2.24, 2.45) is 0 Å². The summed E-state index contributed by atoms with van der Waals surface area (Å²) in [6, 6.07) is 15.3. The van der Waals surface area contributed by atoms with Crippen molar-refractivity contribution in [1.29, 1.82) is 0 Å². The molecule has 174 valence electrons. The molecule has 9 heteroatoms. The van der Waals surface area contributed by atoms with Gasteiger partial charge >= 0.3 is 0 Å². The Morgan fingerprint density at radius 2 is 1.71 bits per heavy atom. The van der Waals surface area contributed by atoms with Gasteiger partial charge in [0.2, 0.25) is 4.34 Å². The predicted octanol–water partition coefficient (Wildman–Crippen LogP) is 4.51. The van der Waals surface area contributed by atoms with Gasteiger partial charge in [-0.15, -0.1) is 11.3 Å². The van der Waals surface area contributed by atoms with Gasteiger partial charge in [-0.3, -0.25) is 9.97 Å². The smallest absolute Gasteiger partial charge is 0.270 e. The van der Waals surface area contributed by atoms with Crippen molar-refractivity contribution in [1.82, 2.24) is 19.3 Å². The SMILES string of the molecule is CC(=O)CCc1cccc(CN(Cc2ccc(-c3cnccn3)cc2)S(=O)(=O)c2nccs2)c1. The fourth-order valence-electron chi connectivity index (χ4n) is 3.51. The molecule has 4 aromatic rings. The third kappa shape index (κ3) is 5.99. The Bertz CT molecular complexity index is 1340. The van der Waals surface area contributed by atoms with Gasteiger partial charge in [0, 0.05) is 49.0 Å². The Balaban J connectivity index is 1.59. The molecule has 0 bridgehead atoms. The predicted molar refractivity (Wildman–Crippen MR) is 131 cm³/mol. The fraction of sp³-hybridized carbons (Fsp3) is 0.200. The van der Waals surface area contributed by atoms with Crippen molar-refractivity contribution < 1.29 is 13.2 Å². The molecule has 2 aromatic heterocycles. The van der Waals surface area contributed by atoms with Gasteiger partial charge in [-0.2, -0.15) is 4.31 Å². The lowest BCUT2D eigenvalue weighted by Crippen LogP contribution is -2.30. The van der Waals surface area contributed by atoms with Gasteiger partial charge in [0.1, 0.15) is 5.78 Å². The van der Waals surface area contributed by atoms with Crippen molar-refractivity contribution in [2.75, 3.05) is 0 Å². The monoisotopic (exact) mass is 492 g/mol. The number of sulfonamides is 1. The number of aromatic nitrogens is 3. The highest BCUT2D eigenvalue weighted by molar-refractivity contribution is 7.91. The first-order chi connectivity index (χ1) is 16.4. The van der Waals surface area contributed by atoms with E-state index in [9.17, 15) is 13.2 Å². The third-order valence-corrected chi connectivity index (χ3v) is 8.23. The Morgan fingerprint density at radius 3 is 2.38 bits per heavy atom. The van der Waals surface area contributed by atoms with Gasteiger partial charge in [-0.05, 0) is 30.0 Å². The fourth-order valence-corrected chi connectivity index (χ4v) is 5.90. The Kier molecular flexibility index (Phi) is 7.56. The number of nitrogens with zero attached hydrogens (tertiary/aromatic N) is 4. The summed E-state index contributed by atoms with van der Waals surface area (Å²) in [6.45, 7) is 1.96. The van der Waals surface area contributed by atoms with E-state index in [2.05, 4.69) is 15.0 Å². The normalized spacial score (nSPS) is 11.6. The topological polar surface area (TPSA) is 93.1 Å². The van der Waals surface area contributed by atoms with Gasteiger partial charge < -0.3 is 4.79 Å². The molecule has 0 radical (unpaired) electrons. The quantitative estimate of drug-likeness (QED) is 0.323. The summed E-state index contributed by atoms with van der Waals surface area (Å²) in [5, 5.41) is 1.66. The van der Waals surface area contributed by atoms with Crippen LogP contribution in [-0.2, 0) is 34.3 Å². The summed E-state index contributed by atoms with van der Waals surface area (Å²) in [5.74, 6) is 0.128. The second kappa shape index (κ2) is 10.8. The van der Waals surface area contributed by atoms with Crippen LogP contribution >= 0.6 is 11.3 Å². The first kappa shape index (κ1) is 23.9. The summed E-state index contributed by atoms with van der Waals surface area (Å²) in [6.07, 6.45) is 7.53. The van der Waals surface area contributed by atoms with Gasteiger partial charge in [-0.25, -0.2) is 13.4 Å². The second-order valence-corrected chi connectivity index (χ2v) is 10.9. The standard InChI is InChI=1S/C25H24N4O3S2/c1-19(30)5-6-20-3-2-4-22(15-20)18-29(34(31,32)25-28-13-14-33-25)17-21-7-9-23(10-8-21)24-16-26-11-12-27-24/h2-4,7-16H,5-6,17-18H2,1H3. The Morgan fingerprint density at radius 1 is 0.941 bits per heavy atom. The van der Waals surface area contributed by atoms with E-state index in [4.69, 9.17) is 0 Å². The summed E-state index contributed by atoms with van der Waals surface area (Å²) >= 11 is 1.10. The van der Waals surface area contributed by atoms with Crippen LogP contribution < -0.4 is 0 Å². The van der Waals surface area contributed by atoms with E-state index >= 15 is 0 Å². The number of hydrogen-bond donors (Lipinski definition) is 0. The molecule has 0 aliphatic heterocycles. The maximum absolute atomic E-state index is 13.4. The van der Waals surface area contributed by atoms with Crippen LogP contribution in [0.2, 0.25) is 0 Å². The van der Waals surface area contributed by atoms with Crippen molar-refractivity contribution in [3.63, 3.8) is 0 Å². The molecule has 0 saturated carbocycles. The molecule has 0 unspecified atom stereocenters. The van der Waals surface area contributed by atoms with Crippen LogP contribution in [-0.4, -0.2) is 33.5 Å². The van der Waals surface area contributed by atoms with Gasteiger partial charge in [0.25, 0.3) is 10.0 Å². The van der Waals surface area contributed by atoms with Crippen LogP contribution in [0.3, 0.4) is 0 Å². The van der Waals surface area contributed by atoms with Crippen molar-refractivity contribution in [3.8, 4) is 11.3 Å². The molecule has 7 nitrogen and oxygen atoms in total. The molecule has 0 atom stereocenters. The van der Waals surface area contributed by atoms with E-state index in [-0.39, 0.29) is 23.2 Å². The third-order valence-electron chi connectivity index (χ3n) is 5.26. The van der Waals surface area contributed by atoms with E-state index in [1.807, 2.05) is 48.5 Å². The first-order valence-corrected chi connectivity index (χ1v) is 13.1. The highest BCUT2D eigenvalue weighted by Gasteiger charge is 2.27. The van der Waals surface area contributed by atoms with Crippen LogP contribution in [0.1, 0.15) is 30.0 Å². The average Bonchev–Trinajstić information content (AvgIpc) is 3.40. The number of thiazole rings is 1. The largest absolute Gasteiger partial charge is 0.300 e. The minimum atomic E-state index is -3.79. The number of carbonyl (C=O) groups is 1. The number of Topliss-reactive ketones (excluding diaryl/α,β-unsaturated/α-hetero) is 1. The van der Waals surface area contributed by atoms with E-state index in [1.165, 1.54) is 10.5 Å². The molecule has 0 N–H and O–H groups in total. The summed E-state index contributed by atoms with van der Waals surface area (Å²) in [7, 11) is -3.79. The average molecular weight is 493 g/mol. The molecular weight excluding hydrogens is 468 g/mol. The van der Waals surface area contributed by atoms with Crippen LogP contribution in [0.4, 0.5) is 0 Å². The number of benzene rings is 2. The minimum absolute atomic E-state index is 0.0661. The summed E-state index contributed by atoms with van der Waals surface area (Å²) in [5.41, 5.74) is 4.37. The van der Waals surface area contributed by atoms with Gasteiger partial charge in [0.15, 0.2) is 0 Å². The lowest BCUT2D eigenvalue weighted by molar-refractivity contribution is -0.116. The zero-order valence-electron chi connectivity index (χ0n) is 18.7. The molecule has 34 heavy (non-hydrogen) atoms. The highest BCUT2D eigenvalue weighted by Crippen LogP contribution is 2.24. The molecule has 0 saturated heterocycles. The van der Waals surface area contributed by atoms with Crippen LogP contribution in [0.5, 0.6) is 0 Å².